The van der Waals surface area contributed by atoms with Crippen LogP contribution in [-0.4, -0.2) is 12.4 Å². The zero-order chi connectivity index (χ0) is 11.8. The van der Waals surface area contributed by atoms with Crippen molar-refractivity contribution in [1.29, 1.82) is 0 Å². The van der Waals surface area contributed by atoms with Crippen LogP contribution in [0.15, 0.2) is 22.7 Å². The Bertz CT molecular complexity index is 320. The molecule has 1 nitrogen and oxygen atoms in total. The second kappa shape index (κ2) is 8.26. The minimum Gasteiger partial charge on any atom is -0.492 e. The van der Waals surface area contributed by atoms with Crippen LogP contribution < -0.4 is 4.74 Å². The SMILES string of the molecule is SCCCCCCOc1ccc(Cl)cc1Br. The highest BCUT2D eigenvalue weighted by molar-refractivity contribution is 9.10. The zero-order valence-corrected chi connectivity index (χ0v) is 12.3. The minimum atomic E-state index is 0.716. The number of halogens is 2. The van der Waals surface area contributed by atoms with Gasteiger partial charge in [0.05, 0.1) is 11.1 Å². The fourth-order valence-corrected chi connectivity index (χ4v) is 2.36. The molecule has 0 unspecified atom stereocenters. The van der Waals surface area contributed by atoms with E-state index in [0.29, 0.717) is 5.02 Å². The van der Waals surface area contributed by atoms with Gasteiger partial charge in [0.2, 0.25) is 0 Å². The van der Waals surface area contributed by atoms with Gasteiger partial charge in [-0.1, -0.05) is 24.4 Å². The van der Waals surface area contributed by atoms with Crippen LogP contribution in [-0.2, 0) is 0 Å². The molecule has 0 amide bonds. The Balaban J connectivity index is 2.21. The van der Waals surface area contributed by atoms with Gasteiger partial charge in [0, 0.05) is 5.02 Å². The molecule has 0 aliphatic rings. The van der Waals surface area contributed by atoms with Crippen LogP contribution in [0.2, 0.25) is 5.02 Å². The number of ether oxygens (including phenoxy) is 1. The van der Waals surface area contributed by atoms with Gasteiger partial charge in [-0.05, 0) is 52.7 Å². The van der Waals surface area contributed by atoms with Gasteiger partial charge in [0.25, 0.3) is 0 Å². The van der Waals surface area contributed by atoms with Crippen molar-refractivity contribution in [2.24, 2.45) is 0 Å². The van der Waals surface area contributed by atoms with Crippen LogP contribution >= 0.6 is 40.2 Å². The summed E-state index contributed by atoms with van der Waals surface area (Å²) in [7, 11) is 0. The molecule has 0 heterocycles. The third kappa shape index (κ3) is 5.46. The van der Waals surface area contributed by atoms with Gasteiger partial charge in [-0.2, -0.15) is 12.6 Å². The maximum atomic E-state index is 5.84. The Morgan fingerprint density at radius 3 is 2.62 bits per heavy atom. The molecule has 0 saturated heterocycles. The molecule has 1 aromatic carbocycles. The molecule has 0 saturated carbocycles. The lowest BCUT2D eigenvalue weighted by molar-refractivity contribution is 0.303. The van der Waals surface area contributed by atoms with E-state index in [1.807, 2.05) is 18.2 Å². The molecular formula is C12H16BrClOS. The van der Waals surface area contributed by atoms with Crippen LogP contribution in [0.25, 0.3) is 0 Å². The van der Waals surface area contributed by atoms with Crippen LogP contribution in [0.3, 0.4) is 0 Å². The molecule has 16 heavy (non-hydrogen) atoms. The quantitative estimate of drug-likeness (QED) is 0.550. The standard InChI is InChI=1S/C12H16BrClOS/c13-11-9-10(14)5-6-12(11)15-7-3-1-2-4-8-16/h5-6,9,16H,1-4,7-8H2. The van der Waals surface area contributed by atoms with E-state index in [-0.39, 0.29) is 0 Å². The number of unbranched alkanes of at least 4 members (excludes halogenated alkanes) is 3. The van der Waals surface area contributed by atoms with Crippen molar-refractivity contribution >= 4 is 40.2 Å². The lowest BCUT2D eigenvalue weighted by Crippen LogP contribution is -1.97. The van der Waals surface area contributed by atoms with Crippen molar-refractivity contribution < 1.29 is 4.74 Å². The monoisotopic (exact) mass is 322 g/mol. The van der Waals surface area contributed by atoms with Crippen LogP contribution in [0.4, 0.5) is 0 Å². The van der Waals surface area contributed by atoms with Gasteiger partial charge in [-0.15, -0.1) is 0 Å². The molecule has 90 valence electrons. The number of hydrogen-bond donors (Lipinski definition) is 1. The summed E-state index contributed by atoms with van der Waals surface area (Å²) in [5, 5.41) is 0.716. The molecule has 0 aromatic heterocycles. The van der Waals surface area contributed by atoms with Gasteiger partial charge in [-0.3, -0.25) is 0 Å². The van der Waals surface area contributed by atoms with Gasteiger partial charge in [0.15, 0.2) is 0 Å². The number of hydrogen-bond acceptors (Lipinski definition) is 2. The van der Waals surface area contributed by atoms with E-state index < -0.39 is 0 Å². The highest BCUT2D eigenvalue weighted by atomic mass is 79.9. The molecule has 4 heteroatoms. The fraction of sp³-hybridized carbons (Fsp3) is 0.500. The summed E-state index contributed by atoms with van der Waals surface area (Å²) in [5.74, 6) is 1.84. The van der Waals surface area contributed by atoms with Gasteiger partial charge >= 0.3 is 0 Å². The summed E-state index contributed by atoms with van der Waals surface area (Å²) < 4.78 is 6.56. The van der Waals surface area contributed by atoms with E-state index in [0.717, 1.165) is 29.0 Å². The summed E-state index contributed by atoms with van der Waals surface area (Å²) in [6, 6.07) is 5.57. The third-order valence-corrected chi connectivity index (χ3v) is 3.37. The second-order valence-corrected chi connectivity index (χ2v) is 5.30. The molecule has 1 rings (SSSR count). The topological polar surface area (TPSA) is 9.23 Å². The smallest absolute Gasteiger partial charge is 0.133 e. The van der Waals surface area contributed by atoms with E-state index in [4.69, 9.17) is 16.3 Å². The average molecular weight is 324 g/mol. The Kier molecular flexibility index (Phi) is 7.33. The largest absolute Gasteiger partial charge is 0.492 e. The molecule has 0 radical (unpaired) electrons. The molecular weight excluding hydrogens is 308 g/mol. The first-order valence-electron chi connectivity index (χ1n) is 5.43. The summed E-state index contributed by atoms with van der Waals surface area (Å²) in [6.07, 6.45) is 4.71. The molecule has 0 fully saturated rings. The lowest BCUT2D eigenvalue weighted by atomic mass is 10.2. The Labute approximate surface area is 116 Å². The van der Waals surface area contributed by atoms with E-state index in [1.54, 1.807) is 0 Å². The maximum Gasteiger partial charge on any atom is 0.133 e. The zero-order valence-electron chi connectivity index (χ0n) is 9.09. The predicted octanol–water partition coefficient (Wildman–Crippen LogP) is 4.97. The van der Waals surface area contributed by atoms with Crippen LogP contribution in [0.5, 0.6) is 5.75 Å². The van der Waals surface area contributed by atoms with Crippen molar-refractivity contribution in [3.8, 4) is 5.75 Å². The van der Waals surface area contributed by atoms with Crippen molar-refractivity contribution in [3.05, 3.63) is 27.7 Å². The maximum absolute atomic E-state index is 5.84. The van der Waals surface area contributed by atoms with Gasteiger partial charge in [0.1, 0.15) is 5.75 Å². The van der Waals surface area contributed by atoms with Crippen molar-refractivity contribution in [2.75, 3.05) is 12.4 Å². The van der Waals surface area contributed by atoms with Crippen LogP contribution in [0, 0.1) is 0 Å². The summed E-state index contributed by atoms with van der Waals surface area (Å²) >= 11 is 13.4. The summed E-state index contributed by atoms with van der Waals surface area (Å²) in [5.41, 5.74) is 0. The van der Waals surface area contributed by atoms with E-state index in [9.17, 15) is 0 Å². The van der Waals surface area contributed by atoms with Crippen LogP contribution in [0.1, 0.15) is 25.7 Å². The Hall–Kier alpha value is 0.140. The van der Waals surface area contributed by atoms with E-state index >= 15 is 0 Å². The first-order chi connectivity index (χ1) is 7.74. The number of benzene rings is 1. The van der Waals surface area contributed by atoms with Crippen molar-refractivity contribution in [2.45, 2.75) is 25.7 Å². The Morgan fingerprint density at radius 1 is 1.19 bits per heavy atom. The first-order valence-corrected chi connectivity index (χ1v) is 7.23. The van der Waals surface area contributed by atoms with Crippen molar-refractivity contribution in [1.82, 2.24) is 0 Å². The lowest BCUT2D eigenvalue weighted by Gasteiger charge is -2.08. The molecule has 0 N–H and O–H groups in total. The van der Waals surface area contributed by atoms with Gasteiger partial charge < -0.3 is 4.74 Å². The molecule has 0 atom stereocenters. The second-order valence-electron chi connectivity index (χ2n) is 3.56. The normalized spacial score (nSPS) is 10.4. The molecule has 1 aromatic rings. The number of thiol groups is 1. The average Bonchev–Trinajstić information content (AvgIpc) is 2.26. The van der Waals surface area contributed by atoms with Gasteiger partial charge in [-0.25, -0.2) is 0 Å². The highest BCUT2D eigenvalue weighted by Crippen LogP contribution is 2.28. The predicted molar refractivity (Wildman–Crippen MR) is 77.0 cm³/mol. The van der Waals surface area contributed by atoms with Crippen molar-refractivity contribution in [3.63, 3.8) is 0 Å². The molecule has 0 aliphatic heterocycles. The van der Waals surface area contributed by atoms with E-state index in [1.165, 1.54) is 19.3 Å². The Morgan fingerprint density at radius 2 is 1.94 bits per heavy atom. The van der Waals surface area contributed by atoms with E-state index in [2.05, 4.69) is 28.6 Å². The molecule has 0 spiro atoms. The minimum absolute atomic E-state index is 0.716. The summed E-state index contributed by atoms with van der Waals surface area (Å²) in [6.45, 7) is 0.757. The first kappa shape index (κ1) is 14.2. The summed E-state index contributed by atoms with van der Waals surface area (Å²) in [4.78, 5) is 0. The molecule has 0 bridgehead atoms. The fourth-order valence-electron chi connectivity index (χ4n) is 1.34. The highest BCUT2D eigenvalue weighted by Gasteiger charge is 2.01. The molecule has 0 aliphatic carbocycles. The third-order valence-electron chi connectivity index (χ3n) is 2.20. The number of rotatable bonds is 7.